The molecule has 3 aromatic rings. The summed E-state index contributed by atoms with van der Waals surface area (Å²) < 4.78 is 213. The summed E-state index contributed by atoms with van der Waals surface area (Å²) >= 11 is 0. The van der Waals surface area contributed by atoms with Crippen LogP contribution in [0.4, 0.5) is 77.2 Å². The van der Waals surface area contributed by atoms with Crippen LogP contribution >= 0.6 is 0 Å². The average molecular weight is 604 g/mol. The first-order valence-electron chi connectivity index (χ1n) is 9.71. The first-order valence-corrected chi connectivity index (χ1v) is 9.71. The number of benzene rings is 3. The molecule has 4 nitrogen and oxygen atoms in total. The molecule has 3 rings (SSSR count). The molecule has 0 amide bonds. The molecule has 0 aliphatic rings. The molecule has 0 fully saturated rings. The van der Waals surface area contributed by atoms with Crippen LogP contribution in [-0.4, -0.2) is 0 Å². The van der Waals surface area contributed by atoms with E-state index >= 15 is 4.39 Å². The first kappa shape index (κ1) is 30.4. The molecule has 0 atom stereocenters. The van der Waals surface area contributed by atoms with Gasteiger partial charge in [0.1, 0.15) is 16.7 Å². The van der Waals surface area contributed by atoms with Crippen molar-refractivity contribution in [3.05, 3.63) is 69.8 Å². The van der Waals surface area contributed by atoms with Crippen LogP contribution in [0, 0.1) is 34.9 Å². The Labute approximate surface area is 210 Å². The smallest absolute Gasteiger partial charge is 0.422 e. The van der Waals surface area contributed by atoms with Crippen molar-refractivity contribution in [2.45, 2.75) is 18.5 Å². The Kier molecular flexibility index (Phi) is 7.42. The minimum Gasteiger partial charge on any atom is -0.450 e. The third-order valence-electron chi connectivity index (χ3n) is 4.82. The van der Waals surface area contributed by atoms with E-state index in [1.54, 1.807) is 0 Å². The van der Waals surface area contributed by atoms with Crippen molar-refractivity contribution in [2.24, 2.45) is 0 Å². The summed E-state index contributed by atoms with van der Waals surface area (Å²) in [6, 6.07) is -0.884. The molecule has 0 saturated heterocycles. The highest BCUT2D eigenvalue weighted by Crippen LogP contribution is 2.48. The number of rotatable bonds is 4. The second-order valence-electron chi connectivity index (χ2n) is 7.51. The molecular formula is C21H7F15N2O2. The van der Waals surface area contributed by atoms with E-state index in [1.807, 2.05) is 0 Å². The fourth-order valence-corrected chi connectivity index (χ4v) is 3.12. The Morgan fingerprint density at radius 3 is 1.20 bits per heavy atom. The van der Waals surface area contributed by atoms with Crippen LogP contribution in [0.25, 0.3) is 0 Å². The molecule has 0 heterocycles. The number of hydrogen-bond acceptors (Lipinski definition) is 4. The topological polar surface area (TPSA) is 70.5 Å². The Balaban J connectivity index is 2.29. The van der Waals surface area contributed by atoms with Gasteiger partial charge in [0, 0.05) is 12.1 Å². The maximum atomic E-state index is 15.1. The third-order valence-corrected chi connectivity index (χ3v) is 4.82. The lowest BCUT2D eigenvalue weighted by atomic mass is 10.1. The van der Waals surface area contributed by atoms with E-state index in [1.165, 1.54) is 0 Å². The average Bonchev–Trinajstić information content (AvgIpc) is 2.77. The SMILES string of the molecule is Nc1cc(Oc2c(F)cc(C(F)(F)F)c(Oc3cc(N)c(F)c(C(F)(F)F)c3F)c2F)c(F)c(C(F)(F)F)c1F. The van der Waals surface area contributed by atoms with Crippen LogP contribution in [0.15, 0.2) is 18.2 Å². The fourth-order valence-electron chi connectivity index (χ4n) is 3.12. The van der Waals surface area contributed by atoms with Crippen molar-refractivity contribution in [2.75, 3.05) is 11.5 Å². The molecule has 19 heteroatoms. The van der Waals surface area contributed by atoms with Crippen LogP contribution in [0.1, 0.15) is 16.7 Å². The highest BCUT2D eigenvalue weighted by atomic mass is 19.4. The quantitative estimate of drug-likeness (QED) is 0.232. The van der Waals surface area contributed by atoms with Gasteiger partial charge in [-0.25, -0.2) is 22.0 Å². The highest BCUT2D eigenvalue weighted by molar-refractivity contribution is 5.56. The minimum absolute atomic E-state index is 0.0765. The summed E-state index contributed by atoms with van der Waals surface area (Å²) in [6.45, 7) is 0. The van der Waals surface area contributed by atoms with Gasteiger partial charge < -0.3 is 20.9 Å². The number of hydrogen-bond donors (Lipinski definition) is 2. The largest absolute Gasteiger partial charge is 0.450 e. The monoisotopic (exact) mass is 604 g/mol. The van der Waals surface area contributed by atoms with Gasteiger partial charge in [-0.2, -0.15) is 43.9 Å². The summed E-state index contributed by atoms with van der Waals surface area (Å²) in [5.41, 5.74) is -1.15. The van der Waals surface area contributed by atoms with E-state index in [0.717, 1.165) is 0 Å². The van der Waals surface area contributed by atoms with Gasteiger partial charge in [0.15, 0.2) is 46.3 Å². The fraction of sp³-hybridized carbons (Fsp3) is 0.143. The number of alkyl halides is 9. The first-order chi connectivity index (χ1) is 18.1. The van der Waals surface area contributed by atoms with Crippen LogP contribution in [0.2, 0.25) is 0 Å². The Morgan fingerprint density at radius 1 is 0.475 bits per heavy atom. The number of anilines is 2. The number of halogens is 15. The van der Waals surface area contributed by atoms with Gasteiger partial charge in [-0.05, 0) is 6.07 Å². The molecule has 0 bridgehead atoms. The van der Waals surface area contributed by atoms with Gasteiger partial charge in [-0.15, -0.1) is 0 Å². The van der Waals surface area contributed by atoms with Crippen LogP contribution in [-0.2, 0) is 18.5 Å². The van der Waals surface area contributed by atoms with Crippen LogP contribution in [0.3, 0.4) is 0 Å². The molecule has 0 aliphatic carbocycles. The van der Waals surface area contributed by atoms with E-state index in [9.17, 15) is 61.5 Å². The van der Waals surface area contributed by atoms with Gasteiger partial charge >= 0.3 is 18.5 Å². The van der Waals surface area contributed by atoms with Gasteiger partial charge in [0.05, 0.1) is 11.4 Å². The van der Waals surface area contributed by atoms with E-state index in [0.29, 0.717) is 0 Å². The molecule has 0 radical (unpaired) electrons. The molecule has 0 aromatic heterocycles. The lowest BCUT2D eigenvalue weighted by Gasteiger charge is -2.20. The summed E-state index contributed by atoms with van der Waals surface area (Å²) in [5, 5.41) is 0. The van der Waals surface area contributed by atoms with Crippen molar-refractivity contribution in [1.29, 1.82) is 0 Å². The number of nitrogen functional groups attached to an aromatic ring is 2. The third kappa shape index (κ3) is 5.44. The molecule has 3 aromatic carbocycles. The van der Waals surface area contributed by atoms with Crippen molar-refractivity contribution in [3.8, 4) is 23.0 Å². The second kappa shape index (κ2) is 9.77. The van der Waals surface area contributed by atoms with Gasteiger partial charge in [0.25, 0.3) is 0 Å². The van der Waals surface area contributed by atoms with Gasteiger partial charge in [-0.3, -0.25) is 0 Å². The number of nitrogens with two attached hydrogens (primary N) is 2. The lowest BCUT2D eigenvalue weighted by Crippen LogP contribution is -2.16. The van der Waals surface area contributed by atoms with Gasteiger partial charge in [-0.1, -0.05) is 0 Å². The Morgan fingerprint density at radius 2 is 0.850 bits per heavy atom. The van der Waals surface area contributed by atoms with E-state index in [-0.39, 0.29) is 12.1 Å². The lowest BCUT2D eigenvalue weighted by molar-refractivity contribution is -0.143. The van der Waals surface area contributed by atoms with Crippen LogP contribution < -0.4 is 20.9 Å². The highest BCUT2D eigenvalue weighted by Gasteiger charge is 2.44. The van der Waals surface area contributed by atoms with Gasteiger partial charge in [0.2, 0.25) is 11.6 Å². The minimum atomic E-state index is -5.86. The molecule has 0 unspecified atom stereocenters. The summed E-state index contributed by atoms with van der Waals surface area (Å²) in [5.74, 6) is -23.8. The molecule has 218 valence electrons. The van der Waals surface area contributed by atoms with E-state index < -0.39 is 111 Å². The van der Waals surface area contributed by atoms with Crippen molar-refractivity contribution in [1.82, 2.24) is 0 Å². The Bertz CT molecular complexity index is 1490. The van der Waals surface area contributed by atoms with Crippen molar-refractivity contribution < 1.29 is 75.3 Å². The molecule has 4 N–H and O–H groups in total. The summed E-state index contributed by atoms with van der Waals surface area (Å²) in [6.07, 6.45) is -17.5. The molecule has 40 heavy (non-hydrogen) atoms. The predicted octanol–water partition coefficient (Wildman–Crippen LogP) is 8.33. The maximum Gasteiger partial charge on any atom is 0.422 e. The number of ether oxygens (including phenoxy) is 2. The standard InChI is InChI=1S/C21H7F15N2O2/c22-5-1-4(19(28,29)30)17(39-8-2-6(37)12(23)10(14(8)25)20(31,32)33)16(27)18(5)40-9-3-7(38)13(24)11(15(9)26)21(34,35)36/h1-3H,37-38H2. The van der Waals surface area contributed by atoms with E-state index in [2.05, 4.69) is 9.47 Å². The Hall–Kier alpha value is -4.19. The molecular weight excluding hydrogens is 597 g/mol. The predicted molar refractivity (Wildman–Crippen MR) is 103 cm³/mol. The second-order valence-corrected chi connectivity index (χ2v) is 7.51. The van der Waals surface area contributed by atoms with Crippen molar-refractivity contribution in [3.63, 3.8) is 0 Å². The normalized spacial score (nSPS) is 12.6. The molecule has 0 spiro atoms. The molecule has 0 saturated carbocycles. The zero-order valence-corrected chi connectivity index (χ0v) is 18.4. The summed E-state index contributed by atoms with van der Waals surface area (Å²) in [7, 11) is 0. The zero-order chi connectivity index (χ0) is 30.7. The van der Waals surface area contributed by atoms with Crippen molar-refractivity contribution >= 4 is 11.4 Å². The maximum absolute atomic E-state index is 15.1. The molecule has 0 aliphatic heterocycles. The van der Waals surface area contributed by atoms with Crippen LogP contribution in [0.5, 0.6) is 23.0 Å². The zero-order valence-electron chi connectivity index (χ0n) is 18.4. The summed E-state index contributed by atoms with van der Waals surface area (Å²) in [4.78, 5) is 0. The van der Waals surface area contributed by atoms with E-state index in [4.69, 9.17) is 11.5 Å².